The molecule has 8 aromatic rings. The van der Waals surface area contributed by atoms with Crippen LogP contribution in [0.1, 0.15) is 11.1 Å². The van der Waals surface area contributed by atoms with Crippen molar-refractivity contribution < 1.29 is 0 Å². The topological polar surface area (TPSA) is 86.2 Å². The molecule has 232 valence electrons. The molecule has 0 unspecified atom stereocenters. The summed E-state index contributed by atoms with van der Waals surface area (Å²) in [5.41, 5.74) is 9.99. The van der Waals surface area contributed by atoms with Crippen molar-refractivity contribution in [2.24, 2.45) is 0 Å². The van der Waals surface area contributed by atoms with Gasteiger partial charge in [0.25, 0.3) is 0 Å². The molecular formula is C45H27N5. The van der Waals surface area contributed by atoms with Crippen LogP contribution < -0.4 is 0 Å². The van der Waals surface area contributed by atoms with E-state index in [1.165, 1.54) is 0 Å². The molecule has 0 spiro atoms. The number of hydrogen-bond donors (Lipinski definition) is 0. The van der Waals surface area contributed by atoms with E-state index >= 15 is 0 Å². The van der Waals surface area contributed by atoms with Gasteiger partial charge in [-0.1, -0.05) is 133 Å². The predicted octanol–water partition coefficient (Wildman–Crippen LogP) is 10.8. The van der Waals surface area contributed by atoms with Gasteiger partial charge in [-0.3, -0.25) is 0 Å². The van der Waals surface area contributed by atoms with Crippen LogP contribution >= 0.6 is 0 Å². The van der Waals surface area contributed by atoms with Gasteiger partial charge in [0.1, 0.15) is 0 Å². The number of nitrogens with zero attached hydrogens (tertiary/aromatic N) is 5. The zero-order valence-corrected chi connectivity index (χ0v) is 26.8. The molecular weight excluding hydrogens is 611 g/mol. The third kappa shape index (κ3) is 5.88. The lowest BCUT2D eigenvalue weighted by Crippen LogP contribution is -2.00. The zero-order chi connectivity index (χ0) is 33.9. The molecule has 0 aliphatic rings. The summed E-state index contributed by atoms with van der Waals surface area (Å²) >= 11 is 0. The van der Waals surface area contributed by atoms with E-state index in [0.29, 0.717) is 28.6 Å². The summed E-state index contributed by atoms with van der Waals surface area (Å²) in [5.74, 6) is 1.87. The summed E-state index contributed by atoms with van der Waals surface area (Å²) in [7, 11) is 0. The molecule has 0 fully saturated rings. The third-order valence-electron chi connectivity index (χ3n) is 8.80. The highest BCUT2D eigenvalue weighted by Gasteiger charge is 2.15. The van der Waals surface area contributed by atoms with Gasteiger partial charge in [-0.25, -0.2) is 15.0 Å². The molecule has 0 saturated heterocycles. The molecule has 1 aromatic heterocycles. The Balaban J connectivity index is 1.19. The van der Waals surface area contributed by atoms with E-state index in [1.807, 2.05) is 91.0 Å². The van der Waals surface area contributed by atoms with Crippen molar-refractivity contribution in [2.75, 3.05) is 0 Å². The lowest BCUT2D eigenvalue weighted by atomic mass is 9.90. The Morgan fingerprint density at radius 1 is 0.320 bits per heavy atom. The van der Waals surface area contributed by atoms with Gasteiger partial charge in [0, 0.05) is 16.7 Å². The standard InChI is InChI=1S/C45H27N5/c46-28-30-15-17-32(18-16-30)37-25-31(29-47)26-38(27-37)40-24-23-39(41-13-7-8-14-42(40)41)33-19-21-36(22-20-33)45-49-43(34-9-3-1-4-10-34)48-44(50-45)35-11-5-2-6-12-35/h1-27H. The van der Waals surface area contributed by atoms with Crippen molar-refractivity contribution in [1.82, 2.24) is 15.0 Å². The molecule has 50 heavy (non-hydrogen) atoms. The number of rotatable bonds is 6. The Hall–Kier alpha value is -7.21. The highest BCUT2D eigenvalue weighted by Crippen LogP contribution is 2.38. The number of benzene rings is 7. The van der Waals surface area contributed by atoms with Crippen LogP contribution in [0.5, 0.6) is 0 Å². The molecule has 1 heterocycles. The van der Waals surface area contributed by atoms with Crippen molar-refractivity contribution >= 4 is 10.8 Å². The minimum atomic E-state index is 0.579. The number of fused-ring (bicyclic) bond motifs is 1. The van der Waals surface area contributed by atoms with Crippen LogP contribution in [0.2, 0.25) is 0 Å². The van der Waals surface area contributed by atoms with Crippen LogP contribution in [0.25, 0.3) is 78.3 Å². The number of aromatic nitrogens is 3. The highest BCUT2D eigenvalue weighted by atomic mass is 15.0. The van der Waals surface area contributed by atoms with E-state index < -0.39 is 0 Å². The fourth-order valence-corrected chi connectivity index (χ4v) is 6.29. The largest absolute Gasteiger partial charge is 0.208 e. The second-order valence-corrected chi connectivity index (χ2v) is 11.9. The van der Waals surface area contributed by atoms with Crippen LogP contribution in [0.4, 0.5) is 0 Å². The van der Waals surface area contributed by atoms with Crippen molar-refractivity contribution in [3.63, 3.8) is 0 Å². The Morgan fingerprint density at radius 2 is 0.740 bits per heavy atom. The second-order valence-electron chi connectivity index (χ2n) is 11.9. The van der Waals surface area contributed by atoms with E-state index in [-0.39, 0.29) is 0 Å². The molecule has 7 aromatic carbocycles. The van der Waals surface area contributed by atoms with E-state index in [1.54, 1.807) is 12.1 Å². The Kier molecular flexibility index (Phi) is 7.91. The quantitative estimate of drug-likeness (QED) is 0.181. The summed E-state index contributed by atoms with van der Waals surface area (Å²) in [6.07, 6.45) is 0. The van der Waals surface area contributed by atoms with Gasteiger partial charge < -0.3 is 0 Å². The maximum Gasteiger partial charge on any atom is 0.164 e. The summed E-state index contributed by atoms with van der Waals surface area (Å²) < 4.78 is 0. The average Bonchev–Trinajstić information content (AvgIpc) is 3.21. The first-order valence-corrected chi connectivity index (χ1v) is 16.2. The molecule has 0 bridgehead atoms. The van der Waals surface area contributed by atoms with Gasteiger partial charge in [0.05, 0.1) is 23.3 Å². The molecule has 0 aliphatic heterocycles. The number of nitriles is 2. The second kappa shape index (κ2) is 13.1. The normalized spacial score (nSPS) is 10.8. The summed E-state index contributed by atoms with van der Waals surface area (Å²) in [5, 5.41) is 21.4. The van der Waals surface area contributed by atoms with E-state index in [2.05, 4.69) is 72.8 Å². The molecule has 8 rings (SSSR count). The van der Waals surface area contributed by atoms with Crippen molar-refractivity contribution in [3.05, 3.63) is 175 Å². The van der Waals surface area contributed by atoms with Crippen molar-refractivity contribution in [2.45, 2.75) is 0 Å². The van der Waals surface area contributed by atoms with Gasteiger partial charge in [-0.05, 0) is 74.5 Å². The lowest BCUT2D eigenvalue weighted by Gasteiger charge is -2.14. The minimum Gasteiger partial charge on any atom is -0.208 e. The van der Waals surface area contributed by atoms with Gasteiger partial charge in [0.15, 0.2) is 17.5 Å². The average molecular weight is 638 g/mol. The van der Waals surface area contributed by atoms with E-state index in [0.717, 1.165) is 60.8 Å². The van der Waals surface area contributed by atoms with Crippen molar-refractivity contribution in [3.8, 4) is 79.7 Å². The molecule has 0 radical (unpaired) electrons. The smallest absolute Gasteiger partial charge is 0.164 e. The first-order chi connectivity index (χ1) is 24.7. The Labute approximate surface area is 290 Å². The Morgan fingerprint density at radius 3 is 1.26 bits per heavy atom. The van der Waals surface area contributed by atoms with Crippen LogP contribution in [0, 0.1) is 22.7 Å². The van der Waals surface area contributed by atoms with Gasteiger partial charge >= 0.3 is 0 Å². The molecule has 0 N–H and O–H groups in total. The Bertz CT molecular complexity index is 2520. The highest BCUT2D eigenvalue weighted by molar-refractivity contribution is 6.05. The molecule has 0 atom stereocenters. The molecule has 0 amide bonds. The monoisotopic (exact) mass is 637 g/mol. The molecule has 5 nitrogen and oxygen atoms in total. The fraction of sp³-hybridized carbons (Fsp3) is 0. The fourth-order valence-electron chi connectivity index (χ4n) is 6.29. The molecule has 0 aliphatic carbocycles. The van der Waals surface area contributed by atoms with E-state index in [4.69, 9.17) is 15.0 Å². The summed E-state index contributed by atoms with van der Waals surface area (Å²) in [4.78, 5) is 14.6. The minimum absolute atomic E-state index is 0.579. The first kappa shape index (κ1) is 30.1. The summed E-state index contributed by atoms with van der Waals surface area (Å²) in [6, 6.07) is 58.9. The maximum atomic E-state index is 9.91. The van der Waals surface area contributed by atoms with Crippen LogP contribution in [-0.2, 0) is 0 Å². The lowest BCUT2D eigenvalue weighted by molar-refractivity contribution is 1.07. The van der Waals surface area contributed by atoms with Crippen LogP contribution in [0.3, 0.4) is 0 Å². The number of hydrogen-bond acceptors (Lipinski definition) is 5. The van der Waals surface area contributed by atoms with Gasteiger partial charge in [-0.15, -0.1) is 0 Å². The van der Waals surface area contributed by atoms with Crippen LogP contribution in [0.15, 0.2) is 164 Å². The summed E-state index contributed by atoms with van der Waals surface area (Å²) in [6.45, 7) is 0. The molecule has 5 heteroatoms. The van der Waals surface area contributed by atoms with Gasteiger partial charge in [-0.2, -0.15) is 10.5 Å². The van der Waals surface area contributed by atoms with E-state index in [9.17, 15) is 10.5 Å². The van der Waals surface area contributed by atoms with Crippen LogP contribution in [-0.4, -0.2) is 15.0 Å². The zero-order valence-electron chi connectivity index (χ0n) is 26.8. The molecule has 0 saturated carbocycles. The van der Waals surface area contributed by atoms with Crippen molar-refractivity contribution in [1.29, 1.82) is 10.5 Å². The maximum absolute atomic E-state index is 9.91. The third-order valence-corrected chi connectivity index (χ3v) is 8.80. The SMILES string of the molecule is N#Cc1ccc(-c2cc(C#N)cc(-c3ccc(-c4ccc(-c5nc(-c6ccccc6)nc(-c6ccccc6)n5)cc4)c4ccccc34)c2)cc1. The van der Waals surface area contributed by atoms with Gasteiger partial charge in [0.2, 0.25) is 0 Å². The first-order valence-electron chi connectivity index (χ1n) is 16.2. The predicted molar refractivity (Wildman–Crippen MR) is 199 cm³/mol.